The number of hydrogen-bond donors (Lipinski definition) is 1. The van der Waals surface area contributed by atoms with Crippen molar-refractivity contribution in [3.05, 3.63) is 72.6 Å². The number of imidazole rings is 1. The van der Waals surface area contributed by atoms with E-state index in [0.29, 0.717) is 29.1 Å². The number of ether oxygens (including phenoxy) is 1. The molecule has 0 aliphatic heterocycles. The zero-order chi connectivity index (χ0) is 19.9. The molecule has 0 fully saturated rings. The summed E-state index contributed by atoms with van der Waals surface area (Å²) >= 11 is 0. The smallest absolute Gasteiger partial charge is 0.224 e. The number of benzene rings is 2. The van der Waals surface area contributed by atoms with Crippen molar-refractivity contribution in [2.24, 2.45) is 0 Å². The Hall–Kier alpha value is -3.48. The lowest BCUT2D eigenvalue weighted by atomic mass is 10.1. The van der Waals surface area contributed by atoms with Crippen molar-refractivity contribution in [1.29, 1.82) is 0 Å². The molecule has 0 aliphatic rings. The molecule has 1 N–H and O–H groups in total. The van der Waals surface area contributed by atoms with Gasteiger partial charge in [0.1, 0.15) is 11.6 Å². The number of Topliss-reactive ketones (excluding diaryl/α,β-unsaturated/α-hetero) is 1. The molecule has 7 heteroatoms. The number of halogens is 1. The van der Waals surface area contributed by atoms with E-state index in [1.165, 1.54) is 12.4 Å². The Bertz CT molecular complexity index is 954. The first-order chi connectivity index (χ1) is 13.6. The average molecular weight is 381 g/mol. The van der Waals surface area contributed by atoms with Crippen LogP contribution in [-0.2, 0) is 4.79 Å². The maximum absolute atomic E-state index is 14.2. The zero-order valence-electron chi connectivity index (χ0n) is 15.4. The van der Waals surface area contributed by atoms with Gasteiger partial charge in [0.2, 0.25) is 5.91 Å². The molecular formula is C21H20FN3O3. The Morgan fingerprint density at radius 1 is 1.14 bits per heavy atom. The Kier molecular flexibility index (Phi) is 6.16. The predicted molar refractivity (Wildman–Crippen MR) is 103 cm³/mol. The van der Waals surface area contributed by atoms with E-state index in [2.05, 4.69) is 10.3 Å². The van der Waals surface area contributed by atoms with Gasteiger partial charge in [-0.25, -0.2) is 9.37 Å². The van der Waals surface area contributed by atoms with Crippen molar-refractivity contribution in [1.82, 2.24) is 9.55 Å². The molecule has 0 saturated heterocycles. The summed E-state index contributed by atoms with van der Waals surface area (Å²) in [5, 5.41) is 2.65. The first-order valence-electron chi connectivity index (χ1n) is 8.82. The number of ketones is 1. The van der Waals surface area contributed by atoms with E-state index in [1.807, 2.05) is 0 Å². The normalized spacial score (nSPS) is 10.5. The Balaban J connectivity index is 1.49. The van der Waals surface area contributed by atoms with Crippen LogP contribution in [0, 0.1) is 5.82 Å². The first kappa shape index (κ1) is 19.3. The minimum atomic E-state index is -0.467. The average Bonchev–Trinajstić information content (AvgIpc) is 3.22. The van der Waals surface area contributed by atoms with Crippen LogP contribution in [0.4, 0.5) is 10.1 Å². The second-order valence-corrected chi connectivity index (χ2v) is 6.19. The van der Waals surface area contributed by atoms with E-state index in [-0.39, 0.29) is 24.5 Å². The summed E-state index contributed by atoms with van der Waals surface area (Å²) in [5.74, 6) is -0.0869. The maximum atomic E-state index is 14.2. The lowest BCUT2D eigenvalue weighted by Crippen LogP contribution is -2.12. The highest BCUT2D eigenvalue weighted by atomic mass is 19.1. The number of carbonyl (C=O) groups excluding carboxylic acids is 2. The first-order valence-corrected chi connectivity index (χ1v) is 8.82. The van der Waals surface area contributed by atoms with Crippen molar-refractivity contribution in [2.45, 2.75) is 19.3 Å². The molecule has 144 valence electrons. The van der Waals surface area contributed by atoms with E-state index in [9.17, 15) is 14.0 Å². The van der Waals surface area contributed by atoms with Crippen LogP contribution in [0.15, 0.2) is 61.2 Å². The van der Waals surface area contributed by atoms with Crippen LogP contribution in [0.3, 0.4) is 0 Å². The molecule has 1 aromatic heterocycles. The summed E-state index contributed by atoms with van der Waals surface area (Å²) in [6.45, 7) is 0. The minimum absolute atomic E-state index is 0.0359. The highest BCUT2D eigenvalue weighted by Gasteiger charge is 2.10. The van der Waals surface area contributed by atoms with Crippen LogP contribution in [0.2, 0.25) is 0 Å². The molecule has 0 saturated carbocycles. The number of nitrogens with one attached hydrogen (secondary N) is 1. The van der Waals surface area contributed by atoms with Gasteiger partial charge in [-0.05, 0) is 48.9 Å². The van der Waals surface area contributed by atoms with Gasteiger partial charge in [0, 0.05) is 36.5 Å². The van der Waals surface area contributed by atoms with Gasteiger partial charge in [-0.15, -0.1) is 0 Å². The van der Waals surface area contributed by atoms with Gasteiger partial charge in [0.15, 0.2) is 5.78 Å². The predicted octanol–water partition coefficient (Wildman–Crippen LogP) is 4.01. The lowest BCUT2D eigenvalue weighted by molar-refractivity contribution is -0.116. The molecule has 0 radical (unpaired) electrons. The Morgan fingerprint density at radius 3 is 2.57 bits per heavy atom. The molecule has 1 heterocycles. The number of methoxy groups -OCH3 is 1. The molecule has 6 nitrogen and oxygen atoms in total. The fourth-order valence-electron chi connectivity index (χ4n) is 2.75. The third-order valence-corrected chi connectivity index (χ3v) is 4.23. The van der Waals surface area contributed by atoms with Crippen LogP contribution < -0.4 is 10.1 Å². The second kappa shape index (κ2) is 8.94. The van der Waals surface area contributed by atoms with E-state index in [0.717, 1.165) is 0 Å². The topological polar surface area (TPSA) is 73.2 Å². The van der Waals surface area contributed by atoms with Crippen LogP contribution in [0.5, 0.6) is 5.75 Å². The van der Waals surface area contributed by atoms with Crippen LogP contribution in [0.1, 0.15) is 29.6 Å². The van der Waals surface area contributed by atoms with E-state index >= 15 is 0 Å². The summed E-state index contributed by atoms with van der Waals surface area (Å²) < 4.78 is 20.8. The number of carbonyl (C=O) groups is 2. The Labute approximate surface area is 162 Å². The molecule has 3 aromatic rings. The molecule has 0 spiro atoms. The van der Waals surface area contributed by atoms with Gasteiger partial charge < -0.3 is 14.6 Å². The SMILES string of the molecule is COc1ccc(C(=O)CCCC(=O)Nc2ccc(-n3ccnc3)c(F)c2)cc1. The highest BCUT2D eigenvalue weighted by Crippen LogP contribution is 2.19. The van der Waals surface area contributed by atoms with Crippen molar-refractivity contribution < 1.29 is 18.7 Å². The number of aromatic nitrogens is 2. The van der Waals surface area contributed by atoms with Crippen LogP contribution >= 0.6 is 0 Å². The largest absolute Gasteiger partial charge is 0.497 e. The fraction of sp³-hybridized carbons (Fsp3) is 0.190. The second-order valence-electron chi connectivity index (χ2n) is 6.19. The summed E-state index contributed by atoms with van der Waals surface area (Å²) in [4.78, 5) is 28.1. The van der Waals surface area contributed by atoms with Crippen LogP contribution in [-0.4, -0.2) is 28.4 Å². The molecule has 2 aromatic carbocycles. The number of amides is 1. The highest BCUT2D eigenvalue weighted by molar-refractivity contribution is 5.96. The molecule has 28 heavy (non-hydrogen) atoms. The van der Waals surface area contributed by atoms with Gasteiger partial charge in [-0.1, -0.05) is 0 Å². The third kappa shape index (κ3) is 4.82. The monoisotopic (exact) mass is 381 g/mol. The standard InChI is InChI=1S/C21H20FN3O3/c1-28-17-8-5-15(6-9-17)20(26)3-2-4-21(27)24-16-7-10-19(18(22)13-16)25-12-11-23-14-25/h5-14H,2-4H2,1H3,(H,24,27). The van der Waals surface area contributed by atoms with Crippen molar-refractivity contribution >= 4 is 17.4 Å². The van der Waals surface area contributed by atoms with Gasteiger partial charge in [-0.3, -0.25) is 9.59 Å². The molecule has 0 atom stereocenters. The zero-order valence-corrected chi connectivity index (χ0v) is 15.4. The molecule has 0 bridgehead atoms. The molecule has 0 unspecified atom stereocenters. The molecule has 0 aliphatic carbocycles. The Morgan fingerprint density at radius 2 is 1.93 bits per heavy atom. The molecule has 3 rings (SSSR count). The number of rotatable bonds is 8. The van der Waals surface area contributed by atoms with E-state index in [4.69, 9.17) is 4.74 Å². The summed E-state index contributed by atoms with van der Waals surface area (Å²) in [6.07, 6.45) is 5.53. The summed E-state index contributed by atoms with van der Waals surface area (Å²) in [5.41, 5.74) is 1.30. The van der Waals surface area contributed by atoms with Gasteiger partial charge >= 0.3 is 0 Å². The maximum Gasteiger partial charge on any atom is 0.224 e. The number of nitrogens with zero attached hydrogens (tertiary/aromatic N) is 2. The van der Waals surface area contributed by atoms with Crippen molar-refractivity contribution in [3.63, 3.8) is 0 Å². The van der Waals surface area contributed by atoms with E-state index in [1.54, 1.807) is 60.5 Å². The third-order valence-electron chi connectivity index (χ3n) is 4.23. The van der Waals surface area contributed by atoms with Crippen molar-refractivity contribution in [2.75, 3.05) is 12.4 Å². The van der Waals surface area contributed by atoms with Gasteiger partial charge in [-0.2, -0.15) is 0 Å². The number of hydrogen-bond acceptors (Lipinski definition) is 4. The fourth-order valence-corrected chi connectivity index (χ4v) is 2.75. The minimum Gasteiger partial charge on any atom is -0.497 e. The number of anilines is 1. The van der Waals surface area contributed by atoms with Crippen molar-refractivity contribution in [3.8, 4) is 11.4 Å². The lowest BCUT2D eigenvalue weighted by Gasteiger charge is -2.08. The summed E-state index contributed by atoms with van der Waals surface area (Å²) in [7, 11) is 1.56. The summed E-state index contributed by atoms with van der Waals surface area (Å²) in [6, 6.07) is 11.3. The molecular weight excluding hydrogens is 361 g/mol. The molecule has 1 amide bonds. The van der Waals surface area contributed by atoms with Gasteiger partial charge in [0.05, 0.1) is 19.1 Å². The van der Waals surface area contributed by atoms with E-state index < -0.39 is 5.82 Å². The van der Waals surface area contributed by atoms with Crippen LogP contribution in [0.25, 0.3) is 5.69 Å². The quantitative estimate of drug-likeness (QED) is 0.599. The van der Waals surface area contributed by atoms with Gasteiger partial charge in [0.25, 0.3) is 0 Å².